The first-order chi connectivity index (χ1) is 13.6. The number of hydrogen-bond donors (Lipinski definition) is 3. The summed E-state index contributed by atoms with van der Waals surface area (Å²) in [6, 6.07) is 7.22. The van der Waals surface area contributed by atoms with Gasteiger partial charge in [0, 0.05) is 0 Å². The van der Waals surface area contributed by atoms with Crippen molar-refractivity contribution in [2.24, 2.45) is 11.8 Å². The van der Waals surface area contributed by atoms with E-state index in [1.165, 1.54) is 38.6 Å². The standard InChI is InChI=1S/C22H37N3O2S/c1-18-4-10-21(11-5-18)28(26,27)22(25-17-20-8-9-20)12-15-23-13-2-3-14-24-16-19-6-7-19/h4-5,10-11,19-20,22-25H,2-3,6-9,12-17H2,1H3. The minimum absolute atomic E-state index is 0.424. The van der Waals surface area contributed by atoms with Crippen molar-refractivity contribution in [3.05, 3.63) is 29.8 Å². The predicted octanol–water partition coefficient (Wildman–Crippen LogP) is 2.85. The molecule has 0 spiro atoms. The van der Waals surface area contributed by atoms with Crippen molar-refractivity contribution in [1.82, 2.24) is 16.0 Å². The second-order valence-corrected chi connectivity index (χ2v) is 10.7. The molecule has 28 heavy (non-hydrogen) atoms. The van der Waals surface area contributed by atoms with Gasteiger partial charge >= 0.3 is 0 Å². The molecule has 0 amide bonds. The van der Waals surface area contributed by atoms with Crippen LogP contribution in [-0.4, -0.2) is 46.5 Å². The fraction of sp³-hybridized carbons (Fsp3) is 0.727. The molecule has 158 valence electrons. The van der Waals surface area contributed by atoms with Crippen LogP contribution in [0.1, 0.15) is 50.5 Å². The van der Waals surface area contributed by atoms with E-state index in [2.05, 4.69) is 16.0 Å². The van der Waals surface area contributed by atoms with Crippen molar-refractivity contribution in [2.45, 2.75) is 62.1 Å². The van der Waals surface area contributed by atoms with Crippen molar-refractivity contribution < 1.29 is 8.42 Å². The van der Waals surface area contributed by atoms with Crippen molar-refractivity contribution in [3.8, 4) is 0 Å². The molecule has 3 N–H and O–H groups in total. The van der Waals surface area contributed by atoms with Gasteiger partial charge in [0.15, 0.2) is 9.84 Å². The lowest BCUT2D eigenvalue weighted by molar-refractivity contribution is 0.500. The molecule has 1 aromatic rings. The number of benzene rings is 1. The third kappa shape index (κ3) is 7.47. The average Bonchev–Trinajstić information content (AvgIpc) is 3.58. The van der Waals surface area contributed by atoms with Crippen LogP contribution in [0, 0.1) is 18.8 Å². The maximum Gasteiger partial charge on any atom is 0.194 e. The highest BCUT2D eigenvalue weighted by Gasteiger charge is 2.29. The Balaban J connectivity index is 1.38. The third-order valence-electron chi connectivity index (χ3n) is 5.73. The summed E-state index contributed by atoms with van der Waals surface area (Å²) < 4.78 is 26.2. The summed E-state index contributed by atoms with van der Waals surface area (Å²) in [5.41, 5.74) is 1.08. The molecule has 1 aromatic carbocycles. The number of hydrogen-bond acceptors (Lipinski definition) is 5. The Morgan fingerprint density at radius 2 is 1.50 bits per heavy atom. The Hall–Kier alpha value is -0.950. The number of aryl methyl sites for hydroxylation is 1. The van der Waals surface area contributed by atoms with Gasteiger partial charge in [-0.2, -0.15) is 0 Å². The number of sulfone groups is 1. The molecule has 0 aromatic heterocycles. The molecule has 3 rings (SSSR count). The van der Waals surface area contributed by atoms with Crippen molar-refractivity contribution in [3.63, 3.8) is 0 Å². The molecule has 6 heteroatoms. The van der Waals surface area contributed by atoms with Gasteiger partial charge in [-0.05, 0) is 109 Å². The lowest BCUT2D eigenvalue weighted by Gasteiger charge is -2.20. The van der Waals surface area contributed by atoms with Crippen LogP contribution in [0.3, 0.4) is 0 Å². The first-order valence-electron chi connectivity index (χ1n) is 11.0. The molecule has 0 saturated heterocycles. The fourth-order valence-electron chi connectivity index (χ4n) is 3.37. The normalized spacial score (nSPS) is 18.3. The number of rotatable bonds is 15. The van der Waals surface area contributed by atoms with Gasteiger partial charge in [-0.15, -0.1) is 0 Å². The molecule has 5 nitrogen and oxygen atoms in total. The first-order valence-corrected chi connectivity index (χ1v) is 12.6. The van der Waals surface area contributed by atoms with Gasteiger partial charge in [-0.25, -0.2) is 8.42 Å². The fourth-order valence-corrected chi connectivity index (χ4v) is 4.95. The summed E-state index contributed by atoms with van der Waals surface area (Å²) in [7, 11) is -3.35. The molecule has 2 aliphatic rings. The smallest absolute Gasteiger partial charge is 0.194 e. The van der Waals surface area contributed by atoms with Gasteiger partial charge in [0.1, 0.15) is 5.37 Å². The Morgan fingerprint density at radius 1 is 0.893 bits per heavy atom. The van der Waals surface area contributed by atoms with Gasteiger partial charge in [-0.1, -0.05) is 17.7 Å². The Bertz CT molecular complexity index is 682. The van der Waals surface area contributed by atoms with Crippen LogP contribution in [0.2, 0.25) is 0 Å². The second-order valence-electron chi connectivity index (χ2n) is 8.59. The molecule has 2 saturated carbocycles. The summed E-state index contributed by atoms with van der Waals surface area (Å²) >= 11 is 0. The van der Waals surface area contributed by atoms with Crippen LogP contribution in [-0.2, 0) is 9.84 Å². The van der Waals surface area contributed by atoms with E-state index in [1.54, 1.807) is 12.1 Å². The minimum atomic E-state index is -3.35. The van der Waals surface area contributed by atoms with E-state index in [9.17, 15) is 8.42 Å². The maximum atomic E-state index is 13.1. The molecule has 1 atom stereocenters. The minimum Gasteiger partial charge on any atom is -0.317 e. The summed E-state index contributed by atoms with van der Waals surface area (Å²) in [5.74, 6) is 1.60. The van der Waals surface area contributed by atoms with Crippen LogP contribution >= 0.6 is 0 Å². The molecule has 2 fully saturated rings. The molecule has 0 bridgehead atoms. The van der Waals surface area contributed by atoms with Gasteiger partial charge in [-0.3, -0.25) is 0 Å². The molecule has 0 radical (unpaired) electrons. The third-order valence-corrected chi connectivity index (χ3v) is 7.81. The van der Waals surface area contributed by atoms with Crippen LogP contribution < -0.4 is 16.0 Å². The van der Waals surface area contributed by atoms with E-state index in [-0.39, 0.29) is 0 Å². The van der Waals surface area contributed by atoms with E-state index >= 15 is 0 Å². The van der Waals surface area contributed by atoms with E-state index in [0.717, 1.165) is 44.1 Å². The summed E-state index contributed by atoms with van der Waals surface area (Å²) in [4.78, 5) is 0.424. The molecule has 0 heterocycles. The zero-order valence-electron chi connectivity index (χ0n) is 17.3. The molecule has 0 aliphatic heterocycles. The van der Waals surface area contributed by atoms with Gasteiger partial charge < -0.3 is 16.0 Å². The highest BCUT2D eigenvalue weighted by molar-refractivity contribution is 7.92. The van der Waals surface area contributed by atoms with Crippen LogP contribution in [0.25, 0.3) is 0 Å². The highest BCUT2D eigenvalue weighted by Crippen LogP contribution is 2.28. The largest absolute Gasteiger partial charge is 0.317 e. The molecular formula is C22H37N3O2S. The topological polar surface area (TPSA) is 70.2 Å². The zero-order chi connectivity index (χ0) is 19.8. The van der Waals surface area contributed by atoms with Gasteiger partial charge in [0.2, 0.25) is 0 Å². The molecular weight excluding hydrogens is 370 g/mol. The Labute approximate surface area is 171 Å². The van der Waals surface area contributed by atoms with E-state index in [4.69, 9.17) is 0 Å². The van der Waals surface area contributed by atoms with Crippen molar-refractivity contribution >= 4 is 9.84 Å². The summed E-state index contributed by atoms with van der Waals surface area (Å²) in [6.07, 6.45) is 8.14. The SMILES string of the molecule is Cc1ccc(S(=O)(=O)C(CCNCCCCNCC2CC2)NCC2CC2)cc1. The lowest BCUT2D eigenvalue weighted by Crippen LogP contribution is -2.40. The zero-order valence-corrected chi connectivity index (χ0v) is 18.1. The first kappa shape index (κ1) is 21.8. The van der Waals surface area contributed by atoms with E-state index in [1.807, 2.05) is 19.1 Å². The van der Waals surface area contributed by atoms with E-state index in [0.29, 0.717) is 17.2 Å². The molecule has 1 unspecified atom stereocenters. The van der Waals surface area contributed by atoms with Crippen LogP contribution in [0.5, 0.6) is 0 Å². The Kier molecular flexibility index (Phi) is 8.33. The monoisotopic (exact) mass is 407 g/mol. The van der Waals surface area contributed by atoms with Gasteiger partial charge in [0.25, 0.3) is 0 Å². The second kappa shape index (κ2) is 10.7. The van der Waals surface area contributed by atoms with Crippen molar-refractivity contribution in [1.29, 1.82) is 0 Å². The number of nitrogens with one attached hydrogen (secondary N) is 3. The van der Waals surface area contributed by atoms with Gasteiger partial charge in [0.05, 0.1) is 4.90 Å². The van der Waals surface area contributed by atoms with Crippen LogP contribution in [0.15, 0.2) is 29.2 Å². The average molecular weight is 408 g/mol. The Morgan fingerprint density at radius 3 is 2.14 bits per heavy atom. The highest BCUT2D eigenvalue weighted by atomic mass is 32.2. The summed E-state index contributed by atoms with van der Waals surface area (Å²) in [6.45, 7) is 6.73. The van der Waals surface area contributed by atoms with Crippen LogP contribution in [0.4, 0.5) is 0 Å². The van der Waals surface area contributed by atoms with E-state index < -0.39 is 15.2 Å². The van der Waals surface area contributed by atoms with Crippen molar-refractivity contribution in [2.75, 3.05) is 32.7 Å². The predicted molar refractivity (Wildman–Crippen MR) is 115 cm³/mol. The quantitative estimate of drug-likeness (QED) is 0.390. The number of unbranched alkanes of at least 4 members (excludes halogenated alkanes) is 1. The maximum absolute atomic E-state index is 13.1. The lowest BCUT2D eigenvalue weighted by atomic mass is 10.2. The summed E-state index contributed by atoms with van der Waals surface area (Å²) in [5, 5.41) is 9.77. The molecule has 2 aliphatic carbocycles.